The van der Waals surface area contributed by atoms with E-state index in [2.05, 4.69) is 21.9 Å². The maximum atomic E-state index is 11.4. The third-order valence-electron chi connectivity index (χ3n) is 3.74. The number of piperidine rings is 1. The number of rotatable bonds is 2. The first-order valence-electron chi connectivity index (χ1n) is 6.69. The number of nitrogens with zero attached hydrogens (tertiary/aromatic N) is 4. The second-order valence-corrected chi connectivity index (χ2v) is 5.17. The number of carbonyl (C=O) groups is 1. The van der Waals surface area contributed by atoms with Gasteiger partial charge in [-0.25, -0.2) is 9.78 Å². The van der Waals surface area contributed by atoms with Crippen molar-refractivity contribution in [3.63, 3.8) is 0 Å². The number of carbonyl (C=O) groups excluding carboxylic acids is 1. The van der Waals surface area contributed by atoms with Crippen LogP contribution < -0.4 is 4.90 Å². The summed E-state index contributed by atoms with van der Waals surface area (Å²) in [5, 5.41) is 0. The summed E-state index contributed by atoms with van der Waals surface area (Å²) in [6.45, 7) is 3.16. The number of cyclic esters (lactones) is 1. The van der Waals surface area contributed by atoms with Crippen LogP contribution in [0.15, 0.2) is 12.4 Å². The molecule has 1 aromatic heterocycles. The molecule has 6 nitrogen and oxygen atoms in total. The summed E-state index contributed by atoms with van der Waals surface area (Å²) < 4.78 is 4.89. The maximum absolute atomic E-state index is 11.4. The Morgan fingerprint density at radius 2 is 2.21 bits per heavy atom. The number of likely N-dealkylation sites (N-methyl/N-ethyl adjacent to an activating group) is 1. The quantitative estimate of drug-likeness (QED) is 0.802. The Labute approximate surface area is 112 Å². The molecule has 0 bridgehead atoms. The van der Waals surface area contributed by atoms with Gasteiger partial charge in [-0.05, 0) is 26.4 Å². The summed E-state index contributed by atoms with van der Waals surface area (Å²) in [4.78, 5) is 24.1. The molecule has 0 saturated carbocycles. The topological polar surface area (TPSA) is 58.6 Å². The lowest BCUT2D eigenvalue weighted by Crippen LogP contribution is -2.31. The number of ether oxygens (including phenoxy) is 1. The Morgan fingerprint density at radius 3 is 2.84 bits per heavy atom. The zero-order chi connectivity index (χ0) is 13.2. The first-order chi connectivity index (χ1) is 9.24. The average Bonchev–Trinajstić information content (AvgIpc) is 2.85. The fraction of sp³-hybridized carbons (Fsp3) is 0.615. The van der Waals surface area contributed by atoms with E-state index in [1.807, 2.05) is 0 Å². The second-order valence-electron chi connectivity index (χ2n) is 5.17. The van der Waals surface area contributed by atoms with Crippen molar-refractivity contribution in [3.8, 4) is 0 Å². The lowest BCUT2D eigenvalue weighted by atomic mass is 9.95. The van der Waals surface area contributed by atoms with Gasteiger partial charge in [0.25, 0.3) is 0 Å². The van der Waals surface area contributed by atoms with Crippen molar-refractivity contribution in [2.45, 2.75) is 18.8 Å². The standard InChI is InChI=1S/C13H18N4O2/c1-16-4-2-3-10(9-16)11-7-15-12(8-14-11)17-5-6-19-13(17)18/h7-8,10H,2-6,9H2,1H3/t10-/m1/s1. The lowest BCUT2D eigenvalue weighted by molar-refractivity contribution is 0.181. The van der Waals surface area contributed by atoms with Crippen LogP contribution in [0.2, 0.25) is 0 Å². The van der Waals surface area contributed by atoms with Crippen LogP contribution in [0.3, 0.4) is 0 Å². The van der Waals surface area contributed by atoms with Crippen LogP contribution >= 0.6 is 0 Å². The number of aromatic nitrogens is 2. The summed E-state index contributed by atoms with van der Waals surface area (Å²) in [6.07, 6.45) is 5.49. The van der Waals surface area contributed by atoms with Crippen molar-refractivity contribution in [2.75, 3.05) is 38.2 Å². The summed E-state index contributed by atoms with van der Waals surface area (Å²) in [5.74, 6) is 1.03. The molecule has 3 heterocycles. The number of amides is 1. The van der Waals surface area contributed by atoms with Crippen LogP contribution in [0.25, 0.3) is 0 Å². The molecule has 2 aliphatic heterocycles. The number of hydrogen-bond donors (Lipinski definition) is 0. The Hall–Kier alpha value is -1.69. The smallest absolute Gasteiger partial charge is 0.415 e. The minimum absolute atomic E-state index is 0.334. The Bertz CT molecular complexity index is 462. The second kappa shape index (κ2) is 5.13. The van der Waals surface area contributed by atoms with Crippen LogP contribution in [0.4, 0.5) is 10.6 Å². The molecule has 0 unspecified atom stereocenters. The van der Waals surface area contributed by atoms with Gasteiger partial charge in [0.05, 0.1) is 24.6 Å². The molecule has 102 valence electrons. The predicted molar refractivity (Wildman–Crippen MR) is 70.2 cm³/mol. The molecular formula is C13H18N4O2. The van der Waals surface area contributed by atoms with E-state index in [1.165, 1.54) is 11.3 Å². The molecule has 0 aliphatic carbocycles. The minimum atomic E-state index is -0.334. The largest absolute Gasteiger partial charge is 0.447 e. The van der Waals surface area contributed by atoms with E-state index in [-0.39, 0.29) is 6.09 Å². The van der Waals surface area contributed by atoms with Gasteiger partial charge in [0, 0.05) is 12.5 Å². The molecule has 19 heavy (non-hydrogen) atoms. The number of anilines is 1. The van der Waals surface area contributed by atoms with E-state index in [1.54, 1.807) is 12.4 Å². The van der Waals surface area contributed by atoms with Crippen molar-refractivity contribution in [3.05, 3.63) is 18.1 Å². The van der Waals surface area contributed by atoms with Gasteiger partial charge >= 0.3 is 6.09 Å². The van der Waals surface area contributed by atoms with E-state index < -0.39 is 0 Å². The highest BCUT2D eigenvalue weighted by Gasteiger charge is 2.26. The van der Waals surface area contributed by atoms with Gasteiger partial charge in [-0.1, -0.05) is 0 Å². The zero-order valence-corrected chi connectivity index (χ0v) is 11.1. The molecule has 3 rings (SSSR count). The molecule has 0 aromatic carbocycles. The van der Waals surface area contributed by atoms with Crippen molar-refractivity contribution in [1.29, 1.82) is 0 Å². The predicted octanol–water partition coefficient (Wildman–Crippen LogP) is 1.24. The molecule has 1 aromatic rings. The van der Waals surface area contributed by atoms with E-state index in [9.17, 15) is 4.79 Å². The van der Waals surface area contributed by atoms with Gasteiger partial charge < -0.3 is 9.64 Å². The third-order valence-corrected chi connectivity index (χ3v) is 3.74. The summed E-state index contributed by atoms with van der Waals surface area (Å²) in [6, 6.07) is 0. The van der Waals surface area contributed by atoms with Crippen LogP contribution in [0.1, 0.15) is 24.5 Å². The van der Waals surface area contributed by atoms with Gasteiger partial charge in [-0.2, -0.15) is 0 Å². The normalized spacial score (nSPS) is 24.6. The summed E-state index contributed by atoms with van der Waals surface area (Å²) in [5.41, 5.74) is 1.02. The summed E-state index contributed by atoms with van der Waals surface area (Å²) in [7, 11) is 2.13. The Balaban J connectivity index is 1.73. The highest BCUT2D eigenvalue weighted by atomic mass is 16.6. The van der Waals surface area contributed by atoms with E-state index in [4.69, 9.17) is 4.74 Å². The molecule has 2 aliphatic rings. The zero-order valence-electron chi connectivity index (χ0n) is 11.1. The van der Waals surface area contributed by atoms with Crippen LogP contribution in [0.5, 0.6) is 0 Å². The Morgan fingerprint density at radius 1 is 1.32 bits per heavy atom. The van der Waals surface area contributed by atoms with Gasteiger partial charge in [-0.15, -0.1) is 0 Å². The van der Waals surface area contributed by atoms with Gasteiger partial charge in [-0.3, -0.25) is 9.88 Å². The van der Waals surface area contributed by atoms with Gasteiger partial charge in [0.2, 0.25) is 0 Å². The molecule has 0 radical (unpaired) electrons. The van der Waals surface area contributed by atoms with Gasteiger partial charge in [0.15, 0.2) is 5.82 Å². The average molecular weight is 262 g/mol. The first kappa shape index (κ1) is 12.3. The van der Waals surface area contributed by atoms with Gasteiger partial charge in [0.1, 0.15) is 6.61 Å². The fourth-order valence-electron chi connectivity index (χ4n) is 2.69. The third kappa shape index (κ3) is 2.53. The van der Waals surface area contributed by atoms with Crippen LogP contribution in [0, 0.1) is 0 Å². The molecule has 0 N–H and O–H groups in total. The maximum Gasteiger partial charge on any atom is 0.415 e. The molecule has 1 atom stereocenters. The van der Waals surface area contributed by atoms with Crippen molar-refractivity contribution in [2.24, 2.45) is 0 Å². The SMILES string of the molecule is CN1CCC[C@@H](c2cnc(N3CCOC3=O)cn2)C1. The minimum Gasteiger partial charge on any atom is -0.447 e. The Kier molecular flexibility index (Phi) is 3.33. The molecule has 2 saturated heterocycles. The van der Waals surface area contributed by atoms with Crippen molar-refractivity contribution in [1.82, 2.24) is 14.9 Å². The summed E-state index contributed by atoms with van der Waals surface area (Å²) >= 11 is 0. The van der Waals surface area contributed by atoms with Crippen molar-refractivity contribution >= 4 is 11.9 Å². The lowest BCUT2D eigenvalue weighted by Gasteiger charge is -2.29. The van der Waals surface area contributed by atoms with Crippen molar-refractivity contribution < 1.29 is 9.53 Å². The molecule has 0 spiro atoms. The monoisotopic (exact) mass is 262 g/mol. The molecule has 6 heteroatoms. The first-order valence-corrected chi connectivity index (χ1v) is 6.69. The highest BCUT2D eigenvalue weighted by Crippen LogP contribution is 2.25. The van der Waals surface area contributed by atoms with E-state index in [0.717, 1.165) is 25.2 Å². The number of hydrogen-bond acceptors (Lipinski definition) is 5. The highest BCUT2D eigenvalue weighted by molar-refractivity contribution is 5.87. The van der Waals surface area contributed by atoms with E-state index >= 15 is 0 Å². The van der Waals surface area contributed by atoms with Crippen LogP contribution in [-0.2, 0) is 4.74 Å². The fourth-order valence-corrected chi connectivity index (χ4v) is 2.69. The number of likely N-dealkylation sites (tertiary alicyclic amines) is 1. The molecular weight excluding hydrogens is 244 g/mol. The molecule has 1 amide bonds. The molecule has 2 fully saturated rings. The van der Waals surface area contributed by atoms with Crippen LogP contribution in [-0.4, -0.2) is 54.2 Å². The van der Waals surface area contributed by atoms with E-state index in [0.29, 0.717) is 24.9 Å².